The number of hydrogen-bond acceptors (Lipinski definition) is 4. The molecule has 1 heterocycles. The minimum absolute atomic E-state index is 0.00889. The van der Waals surface area contributed by atoms with E-state index in [0.717, 1.165) is 32.4 Å². The first-order valence-electron chi connectivity index (χ1n) is 8.28. The SMILES string of the molecule is CN1CC[C@@H]2[C@H](CCC[C@H]2NC(=O)c2ccc([N+](=O)[O-])cc2)C1. The van der Waals surface area contributed by atoms with Gasteiger partial charge in [-0.3, -0.25) is 14.9 Å². The van der Waals surface area contributed by atoms with Gasteiger partial charge >= 0.3 is 0 Å². The molecule has 3 rings (SSSR count). The Hall–Kier alpha value is -1.95. The molecule has 1 aromatic carbocycles. The maximum Gasteiger partial charge on any atom is 0.269 e. The van der Waals surface area contributed by atoms with Crippen molar-refractivity contribution in [2.75, 3.05) is 20.1 Å². The molecule has 1 saturated heterocycles. The van der Waals surface area contributed by atoms with E-state index in [1.807, 2.05) is 0 Å². The number of nitro benzene ring substituents is 1. The van der Waals surface area contributed by atoms with Crippen molar-refractivity contribution in [1.29, 1.82) is 0 Å². The van der Waals surface area contributed by atoms with Crippen molar-refractivity contribution in [2.24, 2.45) is 11.8 Å². The summed E-state index contributed by atoms with van der Waals surface area (Å²) in [5, 5.41) is 13.9. The van der Waals surface area contributed by atoms with Crippen molar-refractivity contribution < 1.29 is 9.72 Å². The molecule has 2 fully saturated rings. The molecule has 0 radical (unpaired) electrons. The predicted octanol–water partition coefficient (Wildman–Crippen LogP) is 2.45. The molecule has 6 nitrogen and oxygen atoms in total. The van der Waals surface area contributed by atoms with Gasteiger partial charge in [0, 0.05) is 30.3 Å². The Kier molecular flexibility index (Phi) is 4.61. The van der Waals surface area contributed by atoms with Crippen LogP contribution in [0.3, 0.4) is 0 Å². The maximum absolute atomic E-state index is 12.4. The molecule has 0 aromatic heterocycles. The molecular weight excluding hydrogens is 294 g/mol. The zero-order valence-corrected chi connectivity index (χ0v) is 13.4. The highest BCUT2D eigenvalue weighted by Crippen LogP contribution is 2.36. The average Bonchev–Trinajstić information content (AvgIpc) is 2.54. The van der Waals surface area contributed by atoms with Crippen LogP contribution in [0.4, 0.5) is 5.69 Å². The van der Waals surface area contributed by atoms with Crippen LogP contribution in [-0.2, 0) is 0 Å². The summed E-state index contributed by atoms with van der Waals surface area (Å²) in [6, 6.07) is 6.05. The van der Waals surface area contributed by atoms with Crippen LogP contribution in [0.1, 0.15) is 36.0 Å². The highest BCUT2D eigenvalue weighted by molar-refractivity contribution is 5.94. The number of fused-ring (bicyclic) bond motifs is 1. The topological polar surface area (TPSA) is 75.5 Å². The van der Waals surface area contributed by atoms with E-state index < -0.39 is 4.92 Å². The Balaban J connectivity index is 1.65. The number of amides is 1. The first kappa shape index (κ1) is 15.9. The fraction of sp³-hybridized carbons (Fsp3) is 0.588. The Bertz CT molecular complexity index is 587. The second-order valence-corrected chi connectivity index (χ2v) is 6.79. The van der Waals surface area contributed by atoms with Gasteiger partial charge in [-0.25, -0.2) is 0 Å². The normalized spacial score (nSPS) is 28.0. The largest absolute Gasteiger partial charge is 0.349 e. The first-order chi connectivity index (χ1) is 11.0. The summed E-state index contributed by atoms with van der Waals surface area (Å²) in [5.74, 6) is 1.11. The molecule has 1 amide bonds. The van der Waals surface area contributed by atoms with E-state index in [9.17, 15) is 14.9 Å². The van der Waals surface area contributed by atoms with Gasteiger partial charge in [-0.05, 0) is 56.8 Å². The number of carbonyl (C=O) groups excluding carboxylic acids is 1. The first-order valence-corrected chi connectivity index (χ1v) is 8.28. The Labute approximate surface area is 136 Å². The molecule has 1 aromatic rings. The molecule has 0 unspecified atom stereocenters. The molecule has 1 saturated carbocycles. The third-order valence-corrected chi connectivity index (χ3v) is 5.26. The molecule has 1 aliphatic carbocycles. The van der Waals surface area contributed by atoms with Crippen LogP contribution in [0, 0.1) is 22.0 Å². The molecular formula is C17H23N3O3. The minimum Gasteiger partial charge on any atom is -0.349 e. The fourth-order valence-corrected chi connectivity index (χ4v) is 4.05. The van der Waals surface area contributed by atoms with E-state index in [-0.39, 0.29) is 17.6 Å². The number of nitrogens with one attached hydrogen (secondary N) is 1. The van der Waals surface area contributed by atoms with Crippen molar-refractivity contribution in [2.45, 2.75) is 31.7 Å². The molecule has 6 heteroatoms. The summed E-state index contributed by atoms with van der Waals surface area (Å²) < 4.78 is 0. The van der Waals surface area contributed by atoms with E-state index in [1.165, 1.54) is 30.7 Å². The van der Waals surface area contributed by atoms with Crippen molar-refractivity contribution in [3.8, 4) is 0 Å². The van der Waals surface area contributed by atoms with E-state index in [1.54, 1.807) is 0 Å². The second kappa shape index (κ2) is 6.66. The zero-order chi connectivity index (χ0) is 16.4. The zero-order valence-electron chi connectivity index (χ0n) is 13.4. The maximum atomic E-state index is 12.4. The molecule has 2 aliphatic rings. The van der Waals surface area contributed by atoms with Gasteiger partial charge in [-0.15, -0.1) is 0 Å². The summed E-state index contributed by atoms with van der Waals surface area (Å²) in [6.45, 7) is 2.21. The summed E-state index contributed by atoms with van der Waals surface area (Å²) in [6.07, 6.45) is 4.56. The highest BCUT2D eigenvalue weighted by Gasteiger charge is 2.37. The van der Waals surface area contributed by atoms with Crippen LogP contribution in [0.25, 0.3) is 0 Å². The molecule has 0 bridgehead atoms. The monoisotopic (exact) mass is 317 g/mol. The third-order valence-electron chi connectivity index (χ3n) is 5.26. The van der Waals surface area contributed by atoms with E-state index >= 15 is 0 Å². The predicted molar refractivity (Wildman–Crippen MR) is 87.3 cm³/mol. The number of benzene rings is 1. The average molecular weight is 317 g/mol. The van der Waals surface area contributed by atoms with Gasteiger partial charge in [0.15, 0.2) is 0 Å². The molecule has 3 atom stereocenters. The Morgan fingerprint density at radius 1 is 1.26 bits per heavy atom. The van der Waals surface area contributed by atoms with E-state index in [0.29, 0.717) is 17.4 Å². The lowest BCUT2D eigenvalue weighted by molar-refractivity contribution is -0.384. The number of rotatable bonds is 3. The van der Waals surface area contributed by atoms with Gasteiger partial charge in [-0.1, -0.05) is 6.42 Å². The molecule has 1 N–H and O–H groups in total. The van der Waals surface area contributed by atoms with Crippen molar-refractivity contribution in [1.82, 2.24) is 10.2 Å². The minimum atomic E-state index is -0.452. The summed E-state index contributed by atoms with van der Waals surface area (Å²) in [4.78, 5) is 25.0. The number of piperidine rings is 1. The van der Waals surface area contributed by atoms with Gasteiger partial charge in [0.25, 0.3) is 11.6 Å². The number of nitrogens with zero attached hydrogens (tertiary/aromatic N) is 2. The van der Waals surface area contributed by atoms with Gasteiger partial charge < -0.3 is 10.2 Å². The number of nitro groups is 1. The summed E-state index contributed by atoms with van der Waals surface area (Å²) >= 11 is 0. The lowest BCUT2D eigenvalue weighted by Gasteiger charge is -2.44. The number of non-ortho nitro benzene ring substituents is 1. The quantitative estimate of drug-likeness (QED) is 0.686. The summed E-state index contributed by atoms with van der Waals surface area (Å²) in [5.41, 5.74) is 0.500. The van der Waals surface area contributed by atoms with Crippen LogP contribution in [-0.4, -0.2) is 41.9 Å². The Morgan fingerprint density at radius 2 is 2.00 bits per heavy atom. The summed E-state index contributed by atoms with van der Waals surface area (Å²) in [7, 11) is 2.16. The molecule has 124 valence electrons. The lowest BCUT2D eigenvalue weighted by atomic mass is 9.72. The number of carbonyl (C=O) groups is 1. The smallest absolute Gasteiger partial charge is 0.269 e. The van der Waals surface area contributed by atoms with Crippen LogP contribution in [0.2, 0.25) is 0 Å². The van der Waals surface area contributed by atoms with Gasteiger partial charge in [0.2, 0.25) is 0 Å². The van der Waals surface area contributed by atoms with Gasteiger partial charge in [0.05, 0.1) is 4.92 Å². The van der Waals surface area contributed by atoms with Crippen LogP contribution >= 0.6 is 0 Å². The van der Waals surface area contributed by atoms with Crippen LogP contribution in [0.5, 0.6) is 0 Å². The van der Waals surface area contributed by atoms with Gasteiger partial charge in [-0.2, -0.15) is 0 Å². The number of likely N-dealkylation sites (tertiary alicyclic amines) is 1. The molecule has 0 spiro atoms. The highest BCUT2D eigenvalue weighted by atomic mass is 16.6. The Morgan fingerprint density at radius 3 is 2.70 bits per heavy atom. The standard InChI is InChI=1S/C17H23N3O3/c1-19-10-9-15-13(11-19)3-2-4-16(15)18-17(21)12-5-7-14(8-6-12)20(22)23/h5-8,13,15-16H,2-4,9-11H2,1H3,(H,18,21)/t13-,15-,16-/m1/s1. The van der Waals surface area contributed by atoms with Crippen LogP contribution in [0.15, 0.2) is 24.3 Å². The van der Waals surface area contributed by atoms with Crippen molar-refractivity contribution in [3.63, 3.8) is 0 Å². The van der Waals surface area contributed by atoms with Gasteiger partial charge in [0.1, 0.15) is 0 Å². The lowest BCUT2D eigenvalue weighted by Crippen LogP contribution is -2.51. The fourth-order valence-electron chi connectivity index (χ4n) is 4.05. The van der Waals surface area contributed by atoms with Crippen molar-refractivity contribution in [3.05, 3.63) is 39.9 Å². The molecule has 1 aliphatic heterocycles. The van der Waals surface area contributed by atoms with Crippen molar-refractivity contribution >= 4 is 11.6 Å². The van der Waals surface area contributed by atoms with E-state index in [4.69, 9.17) is 0 Å². The van der Waals surface area contributed by atoms with E-state index in [2.05, 4.69) is 17.3 Å². The molecule has 23 heavy (non-hydrogen) atoms. The second-order valence-electron chi connectivity index (χ2n) is 6.79. The van der Waals surface area contributed by atoms with Crippen LogP contribution < -0.4 is 5.32 Å². The third kappa shape index (κ3) is 3.52. The number of hydrogen-bond donors (Lipinski definition) is 1.